The van der Waals surface area contributed by atoms with Crippen molar-refractivity contribution in [2.24, 2.45) is 0 Å². The maximum Gasteiger partial charge on any atom is 0.336 e. The van der Waals surface area contributed by atoms with Crippen molar-refractivity contribution in [3.8, 4) is 22.6 Å². The molecule has 0 unspecified atom stereocenters. The van der Waals surface area contributed by atoms with Gasteiger partial charge in [0.15, 0.2) is 0 Å². The van der Waals surface area contributed by atoms with E-state index < -0.39 is 23.8 Å². The Morgan fingerprint density at radius 3 is 1.13 bits per heavy atom. The molecule has 38 heavy (non-hydrogen) atoms. The van der Waals surface area contributed by atoms with E-state index in [0.717, 1.165) is 0 Å². The smallest absolute Gasteiger partial charge is 0.336 e. The highest BCUT2D eigenvalue weighted by molar-refractivity contribution is 6.12. The highest BCUT2D eigenvalue weighted by atomic mass is 16.4. The van der Waals surface area contributed by atoms with Gasteiger partial charge < -0.3 is 31.1 Å². The van der Waals surface area contributed by atoms with E-state index in [4.69, 9.17) is 0 Å². The minimum Gasteiger partial charge on any atom is -0.508 e. The summed E-state index contributed by atoms with van der Waals surface area (Å²) in [4.78, 5) is 49.4. The Kier molecular flexibility index (Phi) is 7.06. The zero-order valence-corrected chi connectivity index (χ0v) is 19.5. The summed E-state index contributed by atoms with van der Waals surface area (Å²) < 4.78 is 0. The third kappa shape index (κ3) is 5.60. The van der Waals surface area contributed by atoms with Crippen LogP contribution >= 0.6 is 0 Å². The number of anilines is 2. The summed E-state index contributed by atoms with van der Waals surface area (Å²) >= 11 is 0. The van der Waals surface area contributed by atoms with E-state index in [1.165, 1.54) is 84.9 Å². The molecular formula is C28H20N2O8. The SMILES string of the molecule is O=C(O)c1cc(-c2ccc(C(=O)Nc3ccc(O)cc3)c(C(=O)O)c2)ccc1C(=O)Nc1ccc(O)cc1. The minimum absolute atomic E-state index is 0.00293. The van der Waals surface area contributed by atoms with Crippen molar-refractivity contribution in [1.82, 2.24) is 0 Å². The molecule has 0 aliphatic carbocycles. The topological polar surface area (TPSA) is 173 Å². The first-order chi connectivity index (χ1) is 18.1. The Balaban J connectivity index is 1.65. The molecule has 10 nitrogen and oxygen atoms in total. The summed E-state index contributed by atoms with van der Waals surface area (Å²) in [6, 6.07) is 19.3. The van der Waals surface area contributed by atoms with E-state index in [2.05, 4.69) is 10.6 Å². The fraction of sp³-hybridized carbons (Fsp3) is 0. The quantitative estimate of drug-likeness (QED) is 0.194. The molecule has 0 spiro atoms. The van der Waals surface area contributed by atoms with Crippen LogP contribution in [-0.4, -0.2) is 44.2 Å². The third-order valence-electron chi connectivity index (χ3n) is 5.57. The van der Waals surface area contributed by atoms with Crippen molar-refractivity contribution < 1.29 is 39.6 Å². The molecule has 4 aromatic carbocycles. The summed E-state index contributed by atoms with van der Waals surface area (Å²) in [5.74, 6) is -4.11. The second-order valence-electron chi connectivity index (χ2n) is 8.13. The van der Waals surface area contributed by atoms with Crippen LogP contribution in [0.25, 0.3) is 11.1 Å². The van der Waals surface area contributed by atoms with Crippen molar-refractivity contribution in [2.45, 2.75) is 0 Å². The fourth-order valence-corrected chi connectivity index (χ4v) is 3.68. The van der Waals surface area contributed by atoms with Gasteiger partial charge in [-0.05, 0) is 83.9 Å². The largest absolute Gasteiger partial charge is 0.508 e. The molecule has 0 aliphatic heterocycles. The molecule has 190 valence electrons. The van der Waals surface area contributed by atoms with Crippen molar-refractivity contribution in [3.05, 3.63) is 107 Å². The van der Waals surface area contributed by atoms with Crippen molar-refractivity contribution in [2.75, 3.05) is 10.6 Å². The van der Waals surface area contributed by atoms with E-state index in [9.17, 15) is 39.6 Å². The number of aromatic hydroxyl groups is 2. The van der Waals surface area contributed by atoms with E-state index in [-0.39, 0.29) is 33.8 Å². The summed E-state index contributed by atoms with van der Waals surface area (Å²) in [5, 5.41) is 43.3. The number of hydrogen-bond acceptors (Lipinski definition) is 6. The number of carbonyl (C=O) groups excluding carboxylic acids is 2. The highest BCUT2D eigenvalue weighted by Crippen LogP contribution is 2.27. The van der Waals surface area contributed by atoms with Crippen molar-refractivity contribution in [3.63, 3.8) is 0 Å². The predicted octanol–water partition coefficient (Wildman–Crippen LogP) is 4.67. The average molecular weight is 512 g/mol. The van der Waals surface area contributed by atoms with Crippen LogP contribution in [0.4, 0.5) is 11.4 Å². The molecule has 0 saturated carbocycles. The maximum absolute atomic E-state index is 12.7. The predicted molar refractivity (Wildman–Crippen MR) is 138 cm³/mol. The minimum atomic E-state index is -1.37. The van der Waals surface area contributed by atoms with Crippen LogP contribution in [0.5, 0.6) is 11.5 Å². The molecule has 0 saturated heterocycles. The summed E-state index contributed by atoms with van der Waals surface area (Å²) in [6.07, 6.45) is 0. The van der Waals surface area contributed by atoms with Gasteiger partial charge in [0.05, 0.1) is 22.3 Å². The number of benzene rings is 4. The number of phenols is 2. The summed E-state index contributed by atoms with van der Waals surface area (Å²) in [6.45, 7) is 0. The molecule has 10 heteroatoms. The lowest BCUT2D eigenvalue weighted by Gasteiger charge is -2.12. The van der Waals surface area contributed by atoms with Gasteiger partial charge in [-0.25, -0.2) is 9.59 Å². The van der Waals surface area contributed by atoms with Crippen molar-refractivity contribution >= 4 is 35.1 Å². The Morgan fingerprint density at radius 2 is 0.816 bits per heavy atom. The van der Waals surface area contributed by atoms with E-state index in [0.29, 0.717) is 22.5 Å². The number of hydrogen-bond donors (Lipinski definition) is 6. The van der Waals surface area contributed by atoms with Crippen molar-refractivity contribution in [1.29, 1.82) is 0 Å². The molecule has 0 fully saturated rings. The molecule has 0 radical (unpaired) electrons. The third-order valence-corrected chi connectivity index (χ3v) is 5.57. The lowest BCUT2D eigenvalue weighted by Crippen LogP contribution is -2.17. The number of phenolic OH excluding ortho intramolecular Hbond substituents is 2. The van der Waals surface area contributed by atoms with Crippen LogP contribution in [0, 0.1) is 0 Å². The molecular weight excluding hydrogens is 492 g/mol. The van der Waals surface area contributed by atoms with Gasteiger partial charge in [-0.2, -0.15) is 0 Å². The first kappa shape index (κ1) is 25.5. The van der Waals surface area contributed by atoms with Crippen LogP contribution in [-0.2, 0) is 0 Å². The molecule has 4 rings (SSSR count). The number of aromatic carboxylic acids is 2. The van der Waals surface area contributed by atoms with Gasteiger partial charge in [-0.3, -0.25) is 9.59 Å². The molecule has 2 amide bonds. The number of carbonyl (C=O) groups is 4. The van der Waals surface area contributed by atoms with Gasteiger partial charge in [0.2, 0.25) is 0 Å². The lowest BCUT2D eigenvalue weighted by atomic mass is 9.95. The Hall–Kier alpha value is -5.64. The molecule has 4 aromatic rings. The van der Waals surface area contributed by atoms with Crippen LogP contribution in [0.1, 0.15) is 41.4 Å². The number of rotatable bonds is 7. The van der Waals surface area contributed by atoms with Gasteiger partial charge >= 0.3 is 11.9 Å². The van der Waals surface area contributed by atoms with Crippen LogP contribution < -0.4 is 10.6 Å². The number of carboxylic acid groups (broad SMARTS) is 2. The van der Waals surface area contributed by atoms with E-state index >= 15 is 0 Å². The van der Waals surface area contributed by atoms with Crippen LogP contribution in [0.15, 0.2) is 84.9 Å². The number of amides is 2. The first-order valence-corrected chi connectivity index (χ1v) is 11.1. The van der Waals surface area contributed by atoms with Gasteiger partial charge in [-0.1, -0.05) is 12.1 Å². The second kappa shape index (κ2) is 10.5. The lowest BCUT2D eigenvalue weighted by molar-refractivity contribution is 0.0683. The standard InChI is InChI=1S/C28H20N2O8/c31-19-7-3-17(4-8-19)29-25(33)21-11-1-15(13-23(21)27(35)36)16-2-12-22(24(14-16)28(37)38)26(34)30-18-5-9-20(32)10-6-18/h1-14,31-32H,(H,29,33)(H,30,34)(H,35,36)(H,37,38). The van der Waals surface area contributed by atoms with Gasteiger partial charge in [0, 0.05) is 11.4 Å². The second-order valence-corrected chi connectivity index (χ2v) is 8.13. The van der Waals surface area contributed by atoms with Crippen LogP contribution in [0.2, 0.25) is 0 Å². The van der Waals surface area contributed by atoms with Gasteiger partial charge in [0.1, 0.15) is 11.5 Å². The Labute approximate surface area is 215 Å². The summed E-state index contributed by atoms with van der Waals surface area (Å²) in [5.41, 5.74) is 0.444. The van der Waals surface area contributed by atoms with Crippen LogP contribution in [0.3, 0.4) is 0 Å². The zero-order valence-electron chi connectivity index (χ0n) is 19.5. The molecule has 6 N–H and O–H groups in total. The fourth-order valence-electron chi connectivity index (χ4n) is 3.68. The monoisotopic (exact) mass is 512 g/mol. The molecule has 0 aliphatic rings. The zero-order chi connectivity index (χ0) is 27.4. The molecule has 0 bridgehead atoms. The molecule has 0 atom stereocenters. The van der Waals surface area contributed by atoms with E-state index in [1.54, 1.807) is 0 Å². The molecule has 0 aromatic heterocycles. The van der Waals surface area contributed by atoms with Gasteiger partial charge in [-0.15, -0.1) is 0 Å². The maximum atomic E-state index is 12.7. The normalized spacial score (nSPS) is 10.4. The number of nitrogens with one attached hydrogen (secondary N) is 2. The summed E-state index contributed by atoms with van der Waals surface area (Å²) in [7, 11) is 0. The Morgan fingerprint density at radius 1 is 0.474 bits per heavy atom. The van der Waals surface area contributed by atoms with Gasteiger partial charge in [0.25, 0.3) is 11.8 Å². The first-order valence-electron chi connectivity index (χ1n) is 11.1. The Bertz CT molecular complexity index is 1440. The molecule has 0 heterocycles. The highest BCUT2D eigenvalue weighted by Gasteiger charge is 2.21. The van der Waals surface area contributed by atoms with E-state index in [1.807, 2.05) is 0 Å². The number of carboxylic acids is 2. The average Bonchev–Trinajstić information content (AvgIpc) is 2.90.